The largest absolute Gasteiger partial charge is 0.458 e. The molecule has 6 rings (SSSR count). The number of ether oxygens (including phenoxy) is 2. The number of hydrogen-bond acceptors (Lipinski definition) is 13. The Morgan fingerprint density at radius 3 is 2.19 bits per heavy atom. The number of nitrogens with one attached hydrogen (secondary N) is 5. The van der Waals surface area contributed by atoms with Crippen molar-refractivity contribution in [3.8, 4) is 11.4 Å². The van der Waals surface area contributed by atoms with E-state index >= 15 is 0 Å². The SMILES string of the molecule is CC[C@@]1(O)C(=O)OCc2c1cc1n(c2=O)Cc2c-1nc1cc(F)c(C)cc1c2CNC(=O)COCNC(=O)CNC(=O)CNC(=O)CNC(=O)CCCCCN1C(=O)C=CC1=O. The number of halogens is 1. The maximum atomic E-state index is 14.8. The van der Waals surface area contributed by atoms with Crippen molar-refractivity contribution in [2.45, 2.75) is 71.2 Å². The van der Waals surface area contributed by atoms with E-state index in [1.54, 1.807) is 19.9 Å². The van der Waals surface area contributed by atoms with Gasteiger partial charge in [0.15, 0.2) is 5.60 Å². The Balaban J connectivity index is 0.914. The minimum atomic E-state index is -2.04. The number of unbranched alkanes of at least 4 members (excludes halogenated alkanes) is 2. The van der Waals surface area contributed by atoms with Crippen molar-refractivity contribution in [1.82, 2.24) is 41.0 Å². The number of amides is 7. The van der Waals surface area contributed by atoms with Crippen LogP contribution in [0.1, 0.15) is 66.8 Å². The summed E-state index contributed by atoms with van der Waals surface area (Å²) in [6.07, 6.45) is 4.09. The van der Waals surface area contributed by atoms with Crippen molar-refractivity contribution in [2.75, 3.05) is 39.5 Å². The average molecular weight is 861 g/mol. The molecule has 0 radical (unpaired) electrons. The number of imide groups is 1. The molecule has 0 saturated carbocycles. The van der Waals surface area contributed by atoms with Crippen molar-refractivity contribution in [3.05, 3.63) is 74.3 Å². The number of rotatable bonds is 19. The van der Waals surface area contributed by atoms with E-state index in [0.717, 1.165) is 4.90 Å². The highest BCUT2D eigenvalue weighted by Crippen LogP contribution is 2.40. The van der Waals surface area contributed by atoms with Crippen molar-refractivity contribution in [1.29, 1.82) is 0 Å². The van der Waals surface area contributed by atoms with Gasteiger partial charge in [0.1, 0.15) is 25.8 Å². The van der Waals surface area contributed by atoms with Crippen LogP contribution < -0.4 is 32.1 Å². The van der Waals surface area contributed by atoms with Crippen molar-refractivity contribution in [3.63, 3.8) is 0 Å². The van der Waals surface area contributed by atoms with Gasteiger partial charge in [-0.1, -0.05) is 13.3 Å². The summed E-state index contributed by atoms with van der Waals surface area (Å²) < 4.78 is 26.6. The summed E-state index contributed by atoms with van der Waals surface area (Å²) >= 11 is 0. The highest BCUT2D eigenvalue weighted by atomic mass is 19.1. The molecule has 1 aromatic carbocycles. The molecule has 3 aromatic rings. The summed E-state index contributed by atoms with van der Waals surface area (Å²) in [4.78, 5) is 116. The number of carbonyl (C=O) groups is 8. The fraction of sp³-hybridized carbons (Fsp3) is 0.415. The molecule has 2 aromatic heterocycles. The Hall–Kier alpha value is -6.87. The molecule has 0 fully saturated rings. The highest BCUT2D eigenvalue weighted by molar-refractivity contribution is 6.12. The second-order valence-electron chi connectivity index (χ2n) is 14.8. The van der Waals surface area contributed by atoms with Crippen LogP contribution in [0, 0.1) is 12.7 Å². The van der Waals surface area contributed by atoms with Crippen molar-refractivity contribution < 1.29 is 57.3 Å². The first-order valence-corrected chi connectivity index (χ1v) is 19.8. The first-order valence-electron chi connectivity index (χ1n) is 19.8. The molecule has 3 aliphatic rings. The van der Waals surface area contributed by atoms with E-state index < -0.39 is 66.3 Å². The predicted octanol–water partition coefficient (Wildman–Crippen LogP) is -0.932. The van der Waals surface area contributed by atoms with Gasteiger partial charge in [-0.05, 0) is 49.4 Å². The lowest BCUT2D eigenvalue weighted by molar-refractivity contribution is -0.172. The molecule has 5 heterocycles. The molecule has 0 saturated heterocycles. The van der Waals surface area contributed by atoms with Gasteiger partial charge >= 0.3 is 5.97 Å². The van der Waals surface area contributed by atoms with E-state index in [2.05, 4.69) is 31.6 Å². The Morgan fingerprint density at radius 1 is 0.855 bits per heavy atom. The lowest BCUT2D eigenvalue weighted by Gasteiger charge is -2.31. The van der Waals surface area contributed by atoms with Crippen LogP contribution in [0.4, 0.5) is 4.39 Å². The normalized spacial score (nSPS) is 16.1. The van der Waals surface area contributed by atoms with E-state index in [0.29, 0.717) is 52.7 Å². The summed E-state index contributed by atoms with van der Waals surface area (Å²) in [5, 5.41) is 23.9. The number of nitrogens with zero attached hydrogens (tertiary/aromatic N) is 3. The Kier molecular flexibility index (Phi) is 13.9. The van der Waals surface area contributed by atoms with Gasteiger partial charge in [0, 0.05) is 54.2 Å². The summed E-state index contributed by atoms with van der Waals surface area (Å²) in [5.41, 5.74) is 0.0874. The smallest absolute Gasteiger partial charge is 0.343 e. The first kappa shape index (κ1) is 44.7. The molecular weight excluding hydrogens is 815 g/mol. The van der Waals surface area contributed by atoms with Crippen LogP contribution in [-0.2, 0) is 73.1 Å². The summed E-state index contributed by atoms with van der Waals surface area (Å²) in [5.74, 6) is -5.05. The van der Waals surface area contributed by atoms with Crippen molar-refractivity contribution >= 4 is 58.2 Å². The summed E-state index contributed by atoms with van der Waals surface area (Å²) in [6.45, 7) is 0.909. The van der Waals surface area contributed by atoms with Gasteiger partial charge in [-0.25, -0.2) is 14.2 Å². The zero-order valence-electron chi connectivity index (χ0n) is 33.9. The van der Waals surface area contributed by atoms with Crippen LogP contribution in [0.5, 0.6) is 0 Å². The van der Waals surface area contributed by atoms with E-state index in [1.165, 1.54) is 28.9 Å². The monoisotopic (exact) mass is 860 g/mol. The third-order valence-corrected chi connectivity index (χ3v) is 10.7. The molecule has 62 heavy (non-hydrogen) atoms. The number of carbonyl (C=O) groups excluding carboxylic acids is 8. The molecule has 1 atom stereocenters. The standard InChI is InChI=1S/C41H45FN8O12/c1-3-41(60)27-12-30-38-25(18-50(30)39(58)26(27)19-62-40(41)59)24(23-11-22(2)28(42)13-29(23)48-38)14-43-35(55)20-61-21-47-34(54)17-46-33(53)16-45-32(52)15-44-31(51)7-5-4-6-10-49-36(56)8-9-37(49)57/h8-9,11-13,60H,3-7,10,14-21H2,1-2H3,(H,43,55)(H,44,51)(H,45,52)(H,46,53)(H,47,54)/t41-/m0/s1. The Labute approximate surface area is 352 Å². The topological polar surface area (TPSA) is 274 Å². The summed E-state index contributed by atoms with van der Waals surface area (Å²) in [6, 6.07) is 4.38. The zero-order valence-corrected chi connectivity index (χ0v) is 33.9. The van der Waals surface area contributed by atoms with Crippen LogP contribution in [0.2, 0.25) is 0 Å². The second kappa shape index (κ2) is 19.2. The molecule has 20 nitrogen and oxygen atoms in total. The third-order valence-electron chi connectivity index (χ3n) is 10.7. The third kappa shape index (κ3) is 9.84. The Morgan fingerprint density at radius 2 is 1.52 bits per heavy atom. The van der Waals surface area contributed by atoms with E-state index in [1.807, 2.05) is 0 Å². The maximum Gasteiger partial charge on any atom is 0.343 e. The van der Waals surface area contributed by atoms with Gasteiger partial charge in [-0.2, -0.15) is 0 Å². The van der Waals surface area contributed by atoms with E-state index in [9.17, 15) is 52.6 Å². The molecule has 3 aliphatic heterocycles. The molecule has 0 unspecified atom stereocenters. The lowest BCUT2D eigenvalue weighted by Crippen LogP contribution is -2.44. The van der Waals surface area contributed by atoms with Gasteiger partial charge in [-0.15, -0.1) is 0 Å². The molecule has 7 amide bonds. The number of benzene rings is 1. The first-order chi connectivity index (χ1) is 29.6. The zero-order chi connectivity index (χ0) is 44.7. The minimum Gasteiger partial charge on any atom is -0.458 e. The maximum absolute atomic E-state index is 14.8. The molecule has 21 heteroatoms. The predicted molar refractivity (Wildman–Crippen MR) is 213 cm³/mol. The number of pyridine rings is 2. The van der Waals surface area contributed by atoms with Crippen LogP contribution in [0.25, 0.3) is 22.3 Å². The van der Waals surface area contributed by atoms with E-state index in [-0.39, 0.29) is 86.7 Å². The van der Waals surface area contributed by atoms with Gasteiger partial charge in [0.25, 0.3) is 17.4 Å². The second-order valence-corrected chi connectivity index (χ2v) is 14.8. The number of fused-ring (bicyclic) bond motifs is 5. The molecule has 0 bridgehead atoms. The molecule has 0 spiro atoms. The van der Waals surface area contributed by atoms with Crippen LogP contribution >= 0.6 is 0 Å². The number of aryl methyl sites for hydroxylation is 1. The quantitative estimate of drug-likeness (QED) is 0.0288. The summed E-state index contributed by atoms with van der Waals surface area (Å²) in [7, 11) is 0. The fourth-order valence-corrected chi connectivity index (χ4v) is 7.20. The van der Waals surface area contributed by atoms with Crippen molar-refractivity contribution in [2.24, 2.45) is 0 Å². The van der Waals surface area contributed by atoms with Gasteiger partial charge < -0.3 is 45.7 Å². The lowest BCUT2D eigenvalue weighted by atomic mass is 9.86. The van der Waals surface area contributed by atoms with Crippen LogP contribution in [0.3, 0.4) is 0 Å². The minimum absolute atomic E-state index is 0.0425. The number of aliphatic hydroxyl groups is 1. The van der Waals surface area contributed by atoms with Gasteiger partial charge in [-0.3, -0.25) is 43.3 Å². The molecule has 6 N–H and O–H groups in total. The number of cyclic esters (lactones) is 1. The molecule has 0 aliphatic carbocycles. The number of aromatic nitrogens is 2. The fourth-order valence-electron chi connectivity index (χ4n) is 7.20. The van der Waals surface area contributed by atoms with Crippen LogP contribution in [0.15, 0.2) is 35.1 Å². The van der Waals surface area contributed by atoms with Crippen LogP contribution in [-0.4, -0.2) is 106 Å². The Bertz CT molecular complexity index is 2450. The number of esters is 1. The van der Waals surface area contributed by atoms with Gasteiger partial charge in [0.2, 0.25) is 29.5 Å². The van der Waals surface area contributed by atoms with Gasteiger partial charge in [0.05, 0.1) is 48.6 Å². The number of hydrogen-bond donors (Lipinski definition) is 6. The average Bonchev–Trinajstić information content (AvgIpc) is 3.78. The highest BCUT2D eigenvalue weighted by Gasteiger charge is 2.45. The van der Waals surface area contributed by atoms with E-state index in [4.69, 9.17) is 9.47 Å². The molecular formula is C41H45FN8O12. The molecule has 328 valence electrons.